The minimum atomic E-state index is -3.80. The van der Waals surface area contributed by atoms with Crippen molar-refractivity contribution in [3.05, 3.63) is 23.8 Å². The van der Waals surface area contributed by atoms with Gasteiger partial charge in [0.2, 0.25) is 15.9 Å². The van der Waals surface area contributed by atoms with Gasteiger partial charge >= 0.3 is 0 Å². The molecular formula is C14H21N3O3S2. The van der Waals surface area contributed by atoms with Gasteiger partial charge in [-0.25, -0.2) is 13.6 Å². The standard InChI is InChI=1S/C14H21N3O3S2/c1-2-10-3-4-11(7-13(10)22(15,19)20)17-14(18)8-12-9-21-6-5-16-12/h3-4,7,12,16H,2,5-6,8-9H2,1H3,(H,17,18)(H2,15,19,20). The first kappa shape index (κ1) is 17.3. The average molecular weight is 343 g/mol. The second-order valence-corrected chi connectivity index (χ2v) is 7.88. The zero-order valence-electron chi connectivity index (χ0n) is 12.5. The number of aryl methyl sites for hydroxylation is 1. The predicted molar refractivity (Wildman–Crippen MR) is 89.6 cm³/mol. The van der Waals surface area contributed by atoms with E-state index in [1.54, 1.807) is 12.1 Å². The highest BCUT2D eigenvalue weighted by atomic mass is 32.2. The first-order valence-electron chi connectivity index (χ1n) is 7.17. The van der Waals surface area contributed by atoms with Crippen LogP contribution in [-0.4, -0.2) is 38.4 Å². The third-order valence-corrected chi connectivity index (χ3v) is 5.59. The molecule has 1 atom stereocenters. The minimum Gasteiger partial charge on any atom is -0.326 e. The van der Waals surface area contributed by atoms with Gasteiger partial charge in [-0.1, -0.05) is 13.0 Å². The number of rotatable bonds is 5. The topological polar surface area (TPSA) is 101 Å². The van der Waals surface area contributed by atoms with Crippen molar-refractivity contribution >= 4 is 33.4 Å². The van der Waals surface area contributed by atoms with Crippen LogP contribution in [-0.2, 0) is 21.2 Å². The van der Waals surface area contributed by atoms with E-state index in [1.165, 1.54) is 6.07 Å². The van der Waals surface area contributed by atoms with Gasteiger partial charge < -0.3 is 10.6 Å². The fraction of sp³-hybridized carbons (Fsp3) is 0.500. The van der Waals surface area contributed by atoms with Crippen LogP contribution in [0.1, 0.15) is 18.9 Å². The summed E-state index contributed by atoms with van der Waals surface area (Å²) in [4.78, 5) is 12.1. The molecule has 1 aromatic carbocycles. The molecule has 1 unspecified atom stereocenters. The molecule has 1 amide bonds. The monoisotopic (exact) mass is 343 g/mol. The van der Waals surface area contributed by atoms with Crippen molar-refractivity contribution in [2.24, 2.45) is 5.14 Å². The van der Waals surface area contributed by atoms with Gasteiger partial charge in [-0.05, 0) is 24.1 Å². The third kappa shape index (κ3) is 4.70. The van der Waals surface area contributed by atoms with E-state index in [-0.39, 0.29) is 16.8 Å². The molecule has 0 saturated carbocycles. The predicted octanol–water partition coefficient (Wildman–Crippen LogP) is 0.930. The molecule has 22 heavy (non-hydrogen) atoms. The Kier molecular flexibility index (Phi) is 5.85. The normalized spacial score (nSPS) is 18.9. The largest absolute Gasteiger partial charge is 0.326 e. The van der Waals surface area contributed by atoms with Crippen molar-refractivity contribution in [3.8, 4) is 0 Å². The van der Waals surface area contributed by atoms with Crippen molar-refractivity contribution in [3.63, 3.8) is 0 Å². The van der Waals surface area contributed by atoms with Crippen LogP contribution in [0.3, 0.4) is 0 Å². The Morgan fingerprint density at radius 3 is 2.86 bits per heavy atom. The van der Waals surface area contributed by atoms with Crippen LogP contribution in [0.15, 0.2) is 23.1 Å². The quantitative estimate of drug-likeness (QED) is 0.738. The van der Waals surface area contributed by atoms with Crippen molar-refractivity contribution < 1.29 is 13.2 Å². The number of sulfonamides is 1. The lowest BCUT2D eigenvalue weighted by atomic mass is 10.1. The maximum absolute atomic E-state index is 12.1. The maximum atomic E-state index is 12.1. The van der Waals surface area contributed by atoms with Crippen LogP contribution < -0.4 is 15.8 Å². The fourth-order valence-electron chi connectivity index (χ4n) is 2.38. The van der Waals surface area contributed by atoms with Crippen LogP contribution in [0.25, 0.3) is 0 Å². The Morgan fingerprint density at radius 1 is 1.50 bits per heavy atom. The van der Waals surface area contributed by atoms with Crippen LogP contribution in [0.4, 0.5) is 5.69 Å². The van der Waals surface area contributed by atoms with E-state index in [1.807, 2.05) is 18.7 Å². The van der Waals surface area contributed by atoms with Crippen LogP contribution >= 0.6 is 11.8 Å². The molecule has 2 rings (SSSR count). The second-order valence-electron chi connectivity index (χ2n) is 5.20. The lowest BCUT2D eigenvalue weighted by Crippen LogP contribution is -2.39. The number of thioether (sulfide) groups is 1. The van der Waals surface area contributed by atoms with E-state index in [0.717, 1.165) is 18.1 Å². The van der Waals surface area contributed by atoms with Crippen LogP contribution in [0.2, 0.25) is 0 Å². The SMILES string of the molecule is CCc1ccc(NC(=O)CC2CSCCN2)cc1S(N)(=O)=O. The molecule has 0 spiro atoms. The molecule has 0 radical (unpaired) electrons. The number of hydrogen-bond donors (Lipinski definition) is 3. The van der Waals surface area contributed by atoms with Gasteiger partial charge in [-0.3, -0.25) is 4.79 Å². The van der Waals surface area contributed by atoms with Crippen LogP contribution in [0.5, 0.6) is 0 Å². The summed E-state index contributed by atoms with van der Waals surface area (Å²) in [6.07, 6.45) is 0.927. The fourth-order valence-corrected chi connectivity index (χ4v) is 4.19. The van der Waals surface area contributed by atoms with Crippen molar-refractivity contribution in [2.75, 3.05) is 23.4 Å². The summed E-state index contributed by atoms with van der Waals surface area (Å²) >= 11 is 1.82. The molecule has 4 N–H and O–H groups in total. The summed E-state index contributed by atoms with van der Waals surface area (Å²) in [5.74, 6) is 1.84. The summed E-state index contributed by atoms with van der Waals surface area (Å²) in [5, 5.41) is 11.3. The summed E-state index contributed by atoms with van der Waals surface area (Å²) < 4.78 is 23.2. The highest BCUT2D eigenvalue weighted by Gasteiger charge is 2.18. The van der Waals surface area contributed by atoms with Gasteiger partial charge in [0.25, 0.3) is 0 Å². The summed E-state index contributed by atoms with van der Waals surface area (Å²) in [5.41, 5.74) is 1.10. The Bertz CT molecular complexity index is 641. The smallest absolute Gasteiger partial charge is 0.238 e. The molecule has 1 aliphatic rings. The molecule has 1 saturated heterocycles. The van der Waals surface area contributed by atoms with E-state index in [9.17, 15) is 13.2 Å². The third-order valence-electron chi connectivity index (χ3n) is 3.47. The molecule has 6 nitrogen and oxygen atoms in total. The molecule has 1 aromatic rings. The lowest BCUT2D eigenvalue weighted by molar-refractivity contribution is -0.116. The number of nitrogens with one attached hydrogen (secondary N) is 2. The molecular weight excluding hydrogens is 322 g/mol. The number of nitrogens with two attached hydrogens (primary N) is 1. The van der Waals surface area contributed by atoms with Gasteiger partial charge in [-0.2, -0.15) is 11.8 Å². The summed E-state index contributed by atoms with van der Waals surface area (Å²) in [7, 11) is -3.80. The second kappa shape index (κ2) is 7.45. The van der Waals surface area contributed by atoms with Gasteiger partial charge in [0.05, 0.1) is 4.90 Å². The number of hydrogen-bond acceptors (Lipinski definition) is 5. The summed E-state index contributed by atoms with van der Waals surface area (Å²) in [6, 6.07) is 4.97. The van der Waals surface area contributed by atoms with Gasteiger partial charge in [0, 0.05) is 36.2 Å². The molecule has 1 aliphatic heterocycles. The number of anilines is 1. The first-order chi connectivity index (χ1) is 10.4. The molecule has 1 fully saturated rings. The highest BCUT2D eigenvalue weighted by molar-refractivity contribution is 7.99. The molecule has 0 aliphatic carbocycles. The Morgan fingerprint density at radius 2 is 2.27 bits per heavy atom. The number of amides is 1. The summed E-state index contributed by atoms with van der Waals surface area (Å²) in [6.45, 7) is 2.76. The zero-order chi connectivity index (χ0) is 16.2. The van der Waals surface area contributed by atoms with E-state index in [4.69, 9.17) is 5.14 Å². The molecule has 0 bridgehead atoms. The highest BCUT2D eigenvalue weighted by Crippen LogP contribution is 2.21. The molecule has 0 aromatic heterocycles. The van der Waals surface area contributed by atoms with Gasteiger partial charge in [0.1, 0.15) is 0 Å². The first-order valence-corrected chi connectivity index (χ1v) is 9.87. The Labute approximate surface area is 135 Å². The van der Waals surface area contributed by atoms with Crippen molar-refractivity contribution in [1.82, 2.24) is 5.32 Å². The average Bonchev–Trinajstić information content (AvgIpc) is 2.47. The minimum absolute atomic E-state index is 0.0687. The molecule has 1 heterocycles. The van der Waals surface area contributed by atoms with Crippen molar-refractivity contribution in [1.29, 1.82) is 0 Å². The number of primary sulfonamides is 1. The van der Waals surface area contributed by atoms with E-state index >= 15 is 0 Å². The Hall–Kier alpha value is -1.09. The molecule has 122 valence electrons. The zero-order valence-corrected chi connectivity index (χ0v) is 14.1. The maximum Gasteiger partial charge on any atom is 0.238 e. The number of carbonyl (C=O) groups is 1. The lowest BCUT2D eigenvalue weighted by Gasteiger charge is -2.22. The number of carbonyl (C=O) groups excluding carboxylic acids is 1. The Balaban J connectivity index is 2.07. The molecule has 8 heteroatoms. The van der Waals surface area contributed by atoms with Crippen LogP contribution in [0, 0.1) is 0 Å². The van der Waals surface area contributed by atoms with Gasteiger partial charge in [0.15, 0.2) is 0 Å². The van der Waals surface area contributed by atoms with E-state index in [0.29, 0.717) is 24.1 Å². The van der Waals surface area contributed by atoms with E-state index in [2.05, 4.69) is 10.6 Å². The number of benzene rings is 1. The van der Waals surface area contributed by atoms with Gasteiger partial charge in [-0.15, -0.1) is 0 Å². The van der Waals surface area contributed by atoms with Crippen molar-refractivity contribution in [2.45, 2.75) is 30.7 Å². The van der Waals surface area contributed by atoms with E-state index < -0.39 is 10.0 Å².